The van der Waals surface area contributed by atoms with Crippen LogP contribution in [0, 0.1) is 17.8 Å². The van der Waals surface area contributed by atoms with E-state index < -0.39 is 0 Å². The number of hydrogen-bond acceptors (Lipinski definition) is 1. The average molecular weight is 396 g/mol. The average Bonchev–Trinajstić information content (AvgIpc) is 2.74. The van der Waals surface area contributed by atoms with Crippen molar-refractivity contribution in [2.24, 2.45) is 17.8 Å². The zero-order valence-corrected chi connectivity index (χ0v) is 18.3. The quantitative estimate of drug-likeness (QED) is 0.469. The van der Waals surface area contributed by atoms with E-state index in [2.05, 4.69) is 98.0 Å². The van der Waals surface area contributed by atoms with Gasteiger partial charge in [0.15, 0.2) is 0 Å². The van der Waals surface area contributed by atoms with Gasteiger partial charge in [-0.15, -0.1) is 0 Å². The zero-order chi connectivity index (χ0) is 20.6. The summed E-state index contributed by atoms with van der Waals surface area (Å²) >= 11 is 0. The Bertz CT molecular complexity index is 969. The fourth-order valence-corrected chi connectivity index (χ4v) is 6.53. The Morgan fingerprint density at radius 3 is 2.03 bits per heavy atom. The molecule has 2 aliphatic rings. The van der Waals surface area contributed by atoms with Crippen LogP contribution in [0.2, 0.25) is 0 Å². The Labute approximate surface area is 181 Å². The van der Waals surface area contributed by atoms with E-state index in [-0.39, 0.29) is 0 Å². The maximum atomic E-state index is 3.66. The molecule has 2 aliphatic carbocycles. The van der Waals surface area contributed by atoms with Crippen molar-refractivity contribution in [1.82, 2.24) is 0 Å². The molecule has 30 heavy (non-hydrogen) atoms. The summed E-state index contributed by atoms with van der Waals surface area (Å²) < 4.78 is 0. The lowest BCUT2D eigenvalue weighted by Gasteiger charge is -2.50. The van der Waals surface area contributed by atoms with Crippen molar-refractivity contribution in [2.45, 2.75) is 51.4 Å². The maximum absolute atomic E-state index is 3.66. The first kappa shape index (κ1) is 19.4. The molecule has 0 amide bonds. The molecule has 0 aromatic heterocycles. The predicted molar refractivity (Wildman–Crippen MR) is 128 cm³/mol. The first-order valence-electron chi connectivity index (χ1n) is 11.6. The Morgan fingerprint density at radius 2 is 1.33 bits per heavy atom. The number of hydrogen-bond donors (Lipinski definition) is 1. The van der Waals surface area contributed by atoms with Gasteiger partial charge < -0.3 is 5.32 Å². The van der Waals surface area contributed by atoms with E-state index in [9.17, 15) is 0 Å². The van der Waals surface area contributed by atoms with Crippen LogP contribution in [0.4, 0.5) is 11.4 Å². The number of nitrogens with one attached hydrogen (secondary N) is 1. The Hall–Kier alpha value is -2.54. The van der Waals surface area contributed by atoms with Gasteiger partial charge in [0.2, 0.25) is 0 Å². The summed E-state index contributed by atoms with van der Waals surface area (Å²) in [5.41, 5.74) is 6.81. The van der Waals surface area contributed by atoms with Crippen molar-refractivity contribution in [3.05, 3.63) is 84.4 Å². The van der Waals surface area contributed by atoms with Gasteiger partial charge in [-0.3, -0.25) is 0 Å². The number of fused-ring (bicyclic) bond motifs is 2. The van der Waals surface area contributed by atoms with E-state index in [1.54, 1.807) is 5.56 Å². The van der Waals surface area contributed by atoms with Crippen molar-refractivity contribution in [2.75, 3.05) is 5.32 Å². The topological polar surface area (TPSA) is 12.0 Å². The Balaban J connectivity index is 1.38. The maximum Gasteiger partial charge on any atom is 0.0387 e. The van der Waals surface area contributed by atoms with Gasteiger partial charge in [0, 0.05) is 11.4 Å². The smallest absolute Gasteiger partial charge is 0.0387 e. The van der Waals surface area contributed by atoms with Crippen LogP contribution in [0.25, 0.3) is 11.1 Å². The van der Waals surface area contributed by atoms with E-state index in [1.165, 1.54) is 48.9 Å². The molecule has 0 heterocycles. The number of anilines is 2. The first-order valence-corrected chi connectivity index (χ1v) is 11.6. The first-order chi connectivity index (χ1) is 14.6. The summed E-state index contributed by atoms with van der Waals surface area (Å²) in [6.45, 7) is 4.93. The summed E-state index contributed by atoms with van der Waals surface area (Å²) in [7, 11) is 0. The lowest BCUT2D eigenvalue weighted by atomic mass is 9.54. The van der Waals surface area contributed by atoms with E-state index >= 15 is 0 Å². The molecule has 2 bridgehead atoms. The molecule has 0 aliphatic heterocycles. The lowest BCUT2D eigenvalue weighted by molar-refractivity contribution is 0.0781. The predicted octanol–water partition coefficient (Wildman–Crippen LogP) is 8.20. The van der Waals surface area contributed by atoms with Gasteiger partial charge in [0.25, 0.3) is 0 Å². The van der Waals surface area contributed by atoms with E-state index in [1.807, 2.05) is 0 Å². The molecular weight excluding hydrogens is 362 g/mol. The summed E-state index contributed by atoms with van der Waals surface area (Å²) in [5.74, 6) is 2.61. The molecule has 2 saturated carbocycles. The Morgan fingerprint density at radius 1 is 0.667 bits per heavy atom. The molecule has 1 heteroatoms. The second kappa shape index (κ2) is 7.95. The number of rotatable bonds is 4. The molecule has 1 N–H and O–H groups in total. The van der Waals surface area contributed by atoms with Crippen LogP contribution in [-0.4, -0.2) is 0 Å². The van der Waals surface area contributed by atoms with Gasteiger partial charge in [0.1, 0.15) is 0 Å². The molecule has 0 radical (unpaired) electrons. The molecule has 154 valence electrons. The third-order valence-electron chi connectivity index (χ3n) is 7.38. The zero-order valence-electron chi connectivity index (χ0n) is 18.3. The van der Waals surface area contributed by atoms with Gasteiger partial charge >= 0.3 is 0 Å². The third-order valence-corrected chi connectivity index (χ3v) is 7.38. The van der Waals surface area contributed by atoms with Gasteiger partial charge in [-0.25, -0.2) is 0 Å². The van der Waals surface area contributed by atoms with Crippen molar-refractivity contribution < 1.29 is 0 Å². The fraction of sp³-hybridized carbons (Fsp3) is 0.379. The van der Waals surface area contributed by atoms with Crippen molar-refractivity contribution in [3.63, 3.8) is 0 Å². The minimum atomic E-state index is 0.384. The van der Waals surface area contributed by atoms with E-state index in [4.69, 9.17) is 0 Å². The van der Waals surface area contributed by atoms with Crippen LogP contribution < -0.4 is 5.32 Å². The second-order valence-electron chi connectivity index (χ2n) is 10.1. The number of benzene rings is 3. The van der Waals surface area contributed by atoms with Gasteiger partial charge in [-0.05, 0) is 96.2 Å². The highest BCUT2D eigenvalue weighted by Crippen LogP contribution is 2.54. The SMILES string of the molecule is C[C@H]1CC2C[C@H](C)CC(c3cccc(Nc4ccc(-c5ccccc5)cc4)c3)(C2)C1. The van der Waals surface area contributed by atoms with Gasteiger partial charge in [-0.2, -0.15) is 0 Å². The van der Waals surface area contributed by atoms with Crippen molar-refractivity contribution in [1.29, 1.82) is 0 Å². The molecule has 0 spiro atoms. The van der Waals surface area contributed by atoms with Crippen molar-refractivity contribution >= 4 is 11.4 Å². The van der Waals surface area contributed by atoms with E-state index in [0.29, 0.717) is 5.41 Å². The van der Waals surface area contributed by atoms with Gasteiger partial charge in [-0.1, -0.05) is 68.4 Å². The Kier molecular flexibility index (Phi) is 5.15. The standard InChI is InChI=1S/C29H33N/c1-21-15-23-16-22(2)19-29(18-21,20-23)26-9-6-10-28(17-26)30-27-13-11-25(12-14-27)24-7-4-3-5-8-24/h3-14,17,21-23,30H,15-16,18-20H2,1-2H3/t21-,22-,23?,29?/m0/s1. The molecular formula is C29H33N. The minimum absolute atomic E-state index is 0.384. The van der Waals surface area contributed by atoms with Crippen LogP contribution in [0.3, 0.4) is 0 Å². The highest BCUT2D eigenvalue weighted by atomic mass is 14.9. The highest BCUT2D eigenvalue weighted by molar-refractivity contribution is 5.68. The lowest BCUT2D eigenvalue weighted by Crippen LogP contribution is -2.42. The molecule has 0 saturated heterocycles. The van der Waals surface area contributed by atoms with E-state index in [0.717, 1.165) is 23.4 Å². The summed E-state index contributed by atoms with van der Waals surface area (Å²) in [6.07, 6.45) is 6.94. The summed E-state index contributed by atoms with van der Waals surface area (Å²) in [6, 6.07) is 28.6. The normalized spacial score (nSPS) is 28.1. The van der Waals surface area contributed by atoms with Crippen LogP contribution >= 0.6 is 0 Å². The summed E-state index contributed by atoms with van der Waals surface area (Å²) in [4.78, 5) is 0. The third kappa shape index (κ3) is 3.90. The molecule has 1 nitrogen and oxygen atoms in total. The van der Waals surface area contributed by atoms with Crippen molar-refractivity contribution in [3.8, 4) is 11.1 Å². The molecule has 3 aromatic rings. The second-order valence-corrected chi connectivity index (χ2v) is 10.1. The van der Waals surface area contributed by atoms with Crippen LogP contribution in [0.1, 0.15) is 51.5 Å². The molecule has 3 aromatic carbocycles. The molecule has 2 fully saturated rings. The van der Waals surface area contributed by atoms with Gasteiger partial charge in [0.05, 0.1) is 0 Å². The summed E-state index contributed by atoms with van der Waals surface area (Å²) in [5, 5.41) is 3.66. The van der Waals surface area contributed by atoms with Crippen LogP contribution in [0.5, 0.6) is 0 Å². The van der Waals surface area contributed by atoms with Crippen LogP contribution in [0.15, 0.2) is 78.9 Å². The molecule has 5 rings (SSSR count). The monoisotopic (exact) mass is 395 g/mol. The molecule has 2 atom stereocenters. The molecule has 0 unspecified atom stereocenters. The highest BCUT2D eigenvalue weighted by Gasteiger charge is 2.45. The fourth-order valence-electron chi connectivity index (χ4n) is 6.53. The minimum Gasteiger partial charge on any atom is -0.356 e. The van der Waals surface area contributed by atoms with Crippen LogP contribution in [-0.2, 0) is 5.41 Å². The largest absolute Gasteiger partial charge is 0.356 e.